The molecule has 1 aliphatic rings. The lowest BCUT2D eigenvalue weighted by Gasteiger charge is -2.31. The first-order valence-electron chi connectivity index (χ1n) is 13.4. The van der Waals surface area contributed by atoms with Crippen molar-refractivity contribution < 1.29 is 24.3 Å². The monoisotopic (exact) mass is 524 g/mol. The molecular weight excluding hydrogens is 484 g/mol. The molecule has 1 aliphatic heterocycles. The van der Waals surface area contributed by atoms with Crippen LogP contribution in [0.5, 0.6) is 0 Å². The van der Waals surface area contributed by atoms with E-state index in [-0.39, 0.29) is 17.7 Å². The van der Waals surface area contributed by atoms with Gasteiger partial charge in [0.25, 0.3) is 0 Å². The largest absolute Gasteiger partial charge is 0.480 e. The Kier molecular flexibility index (Phi) is 9.72. The van der Waals surface area contributed by atoms with Gasteiger partial charge in [-0.2, -0.15) is 0 Å². The van der Waals surface area contributed by atoms with E-state index in [9.17, 15) is 24.3 Å². The number of nitrogens with one attached hydrogen (secondary N) is 3. The molecule has 0 radical (unpaired) electrons. The van der Waals surface area contributed by atoms with Gasteiger partial charge in [-0.25, -0.2) is 4.79 Å². The number of amides is 3. The molecule has 0 spiro atoms. The van der Waals surface area contributed by atoms with Crippen molar-refractivity contribution in [1.29, 1.82) is 0 Å². The first-order valence-corrected chi connectivity index (χ1v) is 13.4. The summed E-state index contributed by atoms with van der Waals surface area (Å²) in [6.45, 7) is 9.39. The fraction of sp³-hybridized carbons (Fsp3) is 0.517. The Labute approximate surface area is 224 Å². The third-order valence-corrected chi connectivity index (χ3v) is 7.37. The van der Waals surface area contributed by atoms with Gasteiger partial charge in [-0.05, 0) is 54.5 Å². The molecule has 2 aromatic carbocycles. The quantitative estimate of drug-likeness (QED) is 0.357. The van der Waals surface area contributed by atoms with Gasteiger partial charge in [0.2, 0.25) is 17.7 Å². The summed E-state index contributed by atoms with van der Waals surface area (Å²) in [5.74, 6) is -2.78. The number of rotatable bonds is 11. The van der Waals surface area contributed by atoms with Crippen LogP contribution in [0, 0.1) is 11.8 Å². The van der Waals surface area contributed by atoms with Crippen LogP contribution >= 0.6 is 0 Å². The van der Waals surface area contributed by atoms with Crippen molar-refractivity contribution in [3.05, 3.63) is 42.5 Å². The predicted octanol–water partition coefficient (Wildman–Crippen LogP) is 3.39. The van der Waals surface area contributed by atoms with Gasteiger partial charge < -0.3 is 26.0 Å². The predicted molar refractivity (Wildman–Crippen MR) is 148 cm³/mol. The summed E-state index contributed by atoms with van der Waals surface area (Å²) in [5, 5.41) is 20.3. The van der Waals surface area contributed by atoms with Gasteiger partial charge in [-0.1, -0.05) is 64.4 Å². The molecule has 0 bridgehead atoms. The summed E-state index contributed by atoms with van der Waals surface area (Å²) in [6.07, 6.45) is 1.79. The van der Waals surface area contributed by atoms with E-state index < -0.39 is 42.0 Å². The van der Waals surface area contributed by atoms with Crippen molar-refractivity contribution >= 4 is 40.2 Å². The average molecular weight is 525 g/mol. The summed E-state index contributed by atoms with van der Waals surface area (Å²) < 4.78 is 0. The molecule has 38 heavy (non-hydrogen) atoms. The zero-order valence-electron chi connectivity index (χ0n) is 22.9. The number of carbonyl (C=O) groups is 4. The molecule has 9 nitrogen and oxygen atoms in total. The van der Waals surface area contributed by atoms with E-state index in [1.807, 2.05) is 56.3 Å². The number of carboxylic acid groups (broad SMARTS) is 1. The summed E-state index contributed by atoms with van der Waals surface area (Å²) in [4.78, 5) is 53.0. The fourth-order valence-corrected chi connectivity index (χ4v) is 4.85. The zero-order chi connectivity index (χ0) is 28.0. The number of benzene rings is 2. The minimum Gasteiger partial charge on any atom is -0.480 e. The van der Waals surface area contributed by atoms with Gasteiger partial charge in [-0.3, -0.25) is 14.4 Å². The Morgan fingerprint density at radius 3 is 2.29 bits per heavy atom. The van der Waals surface area contributed by atoms with Gasteiger partial charge in [-0.15, -0.1) is 0 Å². The van der Waals surface area contributed by atoms with Crippen molar-refractivity contribution in [1.82, 2.24) is 15.5 Å². The minimum atomic E-state index is -1.12. The number of hydrogen-bond acceptors (Lipinski definition) is 5. The second kappa shape index (κ2) is 12.8. The molecule has 4 N–H and O–H groups in total. The number of aliphatic carboxylic acids is 1. The normalized spacial score (nSPS) is 18.5. The first-order chi connectivity index (χ1) is 18.0. The van der Waals surface area contributed by atoms with Gasteiger partial charge in [0, 0.05) is 12.2 Å². The Hall–Kier alpha value is -3.62. The van der Waals surface area contributed by atoms with Crippen LogP contribution in [0.3, 0.4) is 0 Å². The number of nitrogens with zero attached hydrogens (tertiary/aromatic N) is 1. The molecule has 0 aromatic heterocycles. The van der Waals surface area contributed by atoms with Crippen LogP contribution in [0.2, 0.25) is 0 Å². The fourth-order valence-electron chi connectivity index (χ4n) is 4.85. The van der Waals surface area contributed by atoms with E-state index >= 15 is 0 Å². The molecule has 3 rings (SSSR count). The van der Waals surface area contributed by atoms with Crippen LogP contribution in [-0.4, -0.2) is 64.4 Å². The topological polar surface area (TPSA) is 128 Å². The van der Waals surface area contributed by atoms with Gasteiger partial charge in [0.05, 0.1) is 0 Å². The number of carbonyl (C=O) groups excluding carboxylic acids is 3. The van der Waals surface area contributed by atoms with Crippen molar-refractivity contribution in [2.24, 2.45) is 11.8 Å². The molecule has 206 valence electrons. The second-order valence-electron chi connectivity index (χ2n) is 10.6. The SMILES string of the molecule is CC[C@H](C)[C@H](NC(=O)[C@@H]1CCCN1C(=O)[C@H](C)Nc1ccc2ccccc2c1)C(=O)N[C@H](C(=O)O)C(C)C. The van der Waals surface area contributed by atoms with Gasteiger partial charge in [0.1, 0.15) is 24.2 Å². The maximum atomic E-state index is 13.4. The standard InChI is InChI=1S/C29H40N4O5/c1-6-18(4)25(27(35)31-24(17(2)3)29(37)38)32-26(34)23-12-9-15-33(23)28(36)19(5)30-22-14-13-20-10-7-8-11-21(20)16-22/h7-8,10-11,13-14,16-19,23-25,30H,6,9,12,15H2,1-5H3,(H,31,35)(H,32,34)(H,37,38)/t18-,19-,23-,24-,25-/m0/s1. The van der Waals surface area contributed by atoms with Gasteiger partial charge in [0.15, 0.2) is 0 Å². The highest BCUT2D eigenvalue weighted by Gasteiger charge is 2.39. The summed E-state index contributed by atoms with van der Waals surface area (Å²) >= 11 is 0. The Morgan fingerprint density at radius 1 is 0.974 bits per heavy atom. The molecule has 1 saturated heterocycles. The van der Waals surface area contributed by atoms with Crippen LogP contribution in [0.4, 0.5) is 5.69 Å². The van der Waals surface area contributed by atoms with Crippen LogP contribution in [-0.2, 0) is 19.2 Å². The Bertz CT molecular complexity index is 1170. The molecule has 0 aliphatic carbocycles. The summed E-state index contributed by atoms with van der Waals surface area (Å²) in [6, 6.07) is 10.7. The van der Waals surface area contributed by atoms with E-state index in [0.29, 0.717) is 25.8 Å². The van der Waals surface area contributed by atoms with E-state index in [2.05, 4.69) is 16.0 Å². The van der Waals surface area contributed by atoms with Crippen LogP contribution in [0.1, 0.15) is 53.9 Å². The van der Waals surface area contributed by atoms with Crippen molar-refractivity contribution in [2.45, 2.75) is 78.0 Å². The molecule has 3 amide bonds. The molecular formula is C29H40N4O5. The third kappa shape index (κ3) is 6.82. The lowest BCUT2D eigenvalue weighted by Crippen LogP contribution is -2.58. The average Bonchev–Trinajstić information content (AvgIpc) is 3.38. The molecule has 0 unspecified atom stereocenters. The van der Waals surface area contributed by atoms with Crippen molar-refractivity contribution in [3.8, 4) is 0 Å². The van der Waals surface area contributed by atoms with Crippen molar-refractivity contribution in [2.75, 3.05) is 11.9 Å². The van der Waals surface area contributed by atoms with Crippen LogP contribution in [0.15, 0.2) is 42.5 Å². The maximum absolute atomic E-state index is 13.4. The maximum Gasteiger partial charge on any atom is 0.326 e. The smallest absolute Gasteiger partial charge is 0.326 e. The molecule has 5 atom stereocenters. The highest BCUT2D eigenvalue weighted by molar-refractivity contribution is 5.95. The number of hydrogen-bond donors (Lipinski definition) is 4. The van der Waals surface area contributed by atoms with Crippen LogP contribution in [0.25, 0.3) is 10.8 Å². The number of fused-ring (bicyclic) bond motifs is 1. The molecule has 1 heterocycles. The molecule has 1 fully saturated rings. The highest BCUT2D eigenvalue weighted by atomic mass is 16.4. The van der Waals surface area contributed by atoms with E-state index in [4.69, 9.17) is 0 Å². The van der Waals surface area contributed by atoms with Crippen molar-refractivity contribution in [3.63, 3.8) is 0 Å². The number of likely N-dealkylation sites (tertiary alicyclic amines) is 1. The Morgan fingerprint density at radius 2 is 1.66 bits per heavy atom. The first kappa shape index (κ1) is 28.9. The molecule has 2 aromatic rings. The molecule has 9 heteroatoms. The third-order valence-electron chi connectivity index (χ3n) is 7.37. The summed E-state index contributed by atoms with van der Waals surface area (Å²) in [7, 11) is 0. The lowest BCUT2D eigenvalue weighted by atomic mass is 9.96. The van der Waals surface area contributed by atoms with Crippen LogP contribution < -0.4 is 16.0 Å². The highest BCUT2D eigenvalue weighted by Crippen LogP contribution is 2.23. The second-order valence-corrected chi connectivity index (χ2v) is 10.6. The van der Waals surface area contributed by atoms with E-state index in [1.165, 1.54) is 0 Å². The number of carboxylic acids is 1. The zero-order valence-corrected chi connectivity index (χ0v) is 22.9. The lowest BCUT2D eigenvalue weighted by molar-refractivity contribution is -0.144. The number of anilines is 1. The molecule has 0 saturated carbocycles. The van der Waals surface area contributed by atoms with E-state index in [1.54, 1.807) is 25.7 Å². The van der Waals surface area contributed by atoms with Gasteiger partial charge >= 0.3 is 5.97 Å². The van der Waals surface area contributed by atoms with E-state index in [0.717, 1.165) is 16.5 Å². The Balaban J connectivity index is 1.69. The summed E-state index contributed by atoms with van der Waals surface area (Å²) in [5.41, 5.74) is 0.816. The minimum absolute atomic E-state index is 0.189.